The zero-order valence-corrected chi connectivity index (χ0v) is 9.42. The second kappa shape index (κ2) is 15.6. The number of carbonyl (C=O) groups excluding carboxylic acids is 1. The minimum Gasteiger partial charge on any atom is -0.483 e. The van der Waals surface area contributed by atoms with E-state index in [1.807, 2.05) is 25.2 Å². The van der Waals surface area contributed by atoms with Gasteiger partial charge in [0.05, 0.1) is 7.11 Å². The molecule has 0 heterocycles. The summed E-state index contributed by atoms with van der Waals surface area (Å²) in [5.74, 6) is 0. The summed E-state index contributed by atoms with van der Waals surface area (Å²) in [5, 5.41) is 9.97. The molecule has 0 amide bonds. The van der Waals surface area contributed by atoms with E-state index in [1.54, 1.807) is 0 Å². The number of hydrogen-bond donors (Lipinski definition) is 2. The summed E-state index contributed by atoms with van der Waals surface area (Å²) >= 11 is 0. The van der Waals surface area contributed by atoms with Gasteiger partial charge in [0.25, 0.3) is 12.9 Å². The monoisotopic (exact) mass is 227 g/mol. The van der Waals surface area contributed by atoms with Crippen molar-refractivity contribution in [1.82, 2.24) is 5.32 Å². The van der Waals surface area contributed by atoms with Gasteiger partial charge in [0.2, 0.25) is 0 Å². The lowest BCUT2D eigenvalue weighted by Gasteiger charge is -1.95. The van der Waals surface area contributed by atoms with E-state index in [0.29, 0.717) is 6.47 Å². The highest BCUT2D eigenvalue weighted by molar-refractivity contribution is 5.36. The Hall–Kier alpha value is -1.88. The molecule has 0 aromatic heterocycles. The molecule has 90 valence electrons. The van der Waals surface area contributed by atoms with E-state index in [-0.39, 0.29) is 6.47 Å². The van der Waals surface area contributed by atoms with Crippen molar-refractivity contribution >= 4 is 12.9 Å². The molecule has 0 unspecified atom stereocenters. The molecule has 1 aromatic rings. The fourth-order valence-corrected chi connectivity index (χ4v) is 0.800. The molecule has 2 N–H and O–H groups in total. The Balaban J connectivity index is 0. The zero-order valence-electron chi connectivity index (χ0n) is 9.42. The van der Waals surface area contributed by atoms with Crippen molar-refractivity contribution in [2.75, 3.05) is 14.2 Å². The van der Waals surface area contributed by atoms with E-state index in [0.717, 1.165) is 6.54 Å². The van der Waals surface area contributed by atoms with E-state index in [2.05, 4.69) is 22.2 Å². The number of hydrogen-bond acceptors (Lipinski definition) is 4. The van der Waals surface area contributed by atoms with Gasteiger partial charge in [0.1, 0.15) is 0 Å². The first-order chi connectivity index (χ1) is 7.76. The summed E-state index contributed by atoms with van der Waals surface area (Å²) in [6.45, 7) is 1.08. The predicted molar refractivity (Wildman–Crippen MR) is 61.0 cm³/mol. The van der Waals surface area contributed by atoms with Gasteiger partial charge >= 0.3 is 0 Å². The molecule has 0 saturated heterocycles. The Labute approximate surface area is 95.0 Å². The smallest absolute Gasteiger partial charge is 0.292 e. The summed E-state index contributed by atoms with van der Waals surface area (Å²) in [5.41, 5.74) is 1.33. The molecule has 1 aromatic carbocycles. The topological polar surface area (TPSA) is 75.6 Å². The summed E-state index contributed by atoms with van der Waals surface area (Å²) < 4.78 is 3.86. The summed E-state index contributed by atoms with van der Waals surface area (Å²) in [7, 11) is 3.26. The molecule has 0 atom stereocenters. The quantitative estimate of drug-likeness (QED) is 0.750. The molecule has 0 aliphatic heterocycles. The molecular formula is C11H17NO4. The number of ether oxygens (including phenoxy) is 1. The van der Waals surface area contributed by atoms with Crippen LogP contribution in [0, 0.1) is 0 Å². The maximum absolute atomic E-state index is 8.95. The van der Waals surface area contributed by atoms with Crippen molar-refractivity contribution in [2.45, 2.75) is 6.54 Å². The largest absolute Gasteiger partial charge is 0.483 e. The first-order valence-corrected chi connectivity index (χ1v) is 4.49. The van der Waals surface area contributed by atoms with Crippen LogP contribution < -0.4 is 5.32 Å². The van der Waals surface area contributed by atoms with Gasteiger partial charge in [-0.25, -0.2) is 0 Å². The van der Waals surface area contributed by atoms with Gasteiger partial charge in [-0.1, -0.05) is 30.3 Å². The van der Waals surface area contributed by atoms with Gasteiger partial charge in [0, 0.05) is 6.54 Å². The summed E-state index contributed by atoms with van der Waals surface area (Å²) in [6, 6.07) is 10.3. The van der Waals surface area contributed by atoms with Gasteiger partial charge in [-0.15, -0.1) is 0 Å². The number of benzene rings is 1. The second-order valence-electron chi connectivity index (χ2n) is 2.45. The lowest BCUT2D eigenvalue weighted by molar-refractivity contribution is -0.126. The third-order valence-electron chi connectivity index (χ3n) is 1.32. The molecule has 16 heavy (non-hydrogen) atoms. The lowest BCUT2D eigenvalue weighted by atomic mass is 10.2. The Morgan fingerprint density at radius 2 is 1.75 bits per heavy atom. The van der Waals surface area contributed by atoms with E-state index in [1.165, 1.54) is 12.7 Å². The van der Waals surface area contributed by atoms with Crippen LogP contribution in [0.4, 0.5) is 0 Å². The molecule has 0 saturated carbocycles. The average molecular weight is 227 g/mol. The van der Waals surface area contributed by atoms with Crippen LogP contribution in [0.15, 0.2) is 30.3 Å². The molecule has 0 radical (unpaired) electrons. The number of carboxylic acid groups (broad SMARTS) is 1. The van der Waals surface area contributed by atoms with E-state index >= 15 is 0 Å². The van der Waals surface area contributed by atoms with Crippen molar-refractivity contribution in [3.8, 4) is 0 Å². The van der Waals surface area contributed by atoms with Crippen LogP contribution in [-0.2, 0) is 20.9 Å². The van der Waals surface area contributed by atoms with Gasteiger partial charge in [-0.2, -0.15) is 0 Å². The van der Waals surface area contributed by atoms with Crippen molar-refractivity contribution in [3.63, 3.8) is 0 Å². The number of methoxy groups -OCH3 is 1. The highest BCUT2D eigenvalue weighted by Gasteiger charge is 1.83. The molecule has 0 spiro atoms. The van der Waals surface area contributed by atoms with Gasteiger partial charge < -0.3 is 15.2 Å². The van der Waals surface area contributed by atoms with E-state index in [4.69, 9.17) is 14.7 Å². The van der Waals surface area contributed by atoms with E-state index in [9.17, 15) is 0 Å². The van der Waals surface area contributed by atoms with Crippen LogP contribution in [0.25, 0.3) is 0 Å². The third kappa shape index (κ3) is 14.6. The Bertz CT molecular complexity index is 251. The maximum Gasteiger partial charge on any atom is 0.292 e. The van der Waals surface area contributed by atoms with Gasteiger partial charge in [-0.3, -0.25) is 9.59 Å². The molecular weight excluding hydrogens is 210 g/mol. The van der Waals surface area contributed by atoms with Crippen LogP contribution in [0.3, 0.4) is 0 Å². The maximum atomic E-state index is 8.95. The Morgan fingerprint density at radius 1 is 1.31 bits per heavy atom. The Morgan fingerprint density at radius 3 is 2.06 bits per heavy atom. The van der Waals surface area contributed by atoms with Crippen LogP contribution in [0.1, 0.15) is 5.56 Å². The molecule has 5 nitrogen and oxygen atoms in total. The zero-order chi connectivity index (χ0) is 12.6. The number of rotatable bonds is 3. The van der Waals surface area contributed by atoms with Gasteiger partial charge in [-0.05, 0) is 12.6 Å². The minimum atomic E-state index is -0.250. The highest BCUT2D eigenvalue weighted by atomic mass is 16.5. The van der Waals surface area contributed by atoms with Gasteiger partial charge in [0.15, 0.2) is 0 Å². The fraction of sp³-hybridized carbons (Fsp3) is 0.273. The Kier molecular flexibility index (Phi) is 16.1. The SMILES string of the molecule is CNCc1ccccc1.COC=O.O=CO. The molecule has 0 fully saturated rings. The van der Waals surface area contributed by atoms with Crippen molar-refractivity contribution in [1.29, 1.82) is 0 Å². The first-order valence-electron chi connectivity index (χ1n) is 4.49. The summed E-state index contributed by atoms with van der Waals surface area (Å²) in [4.78, 5) is 17.3. The second-order valence-corrected chi connectivity index (χ2v) is 2.45. The van der Waals surface area contributed by atoms with Crippen molar-refractivity contribution in [2.24, 2.45) is 0 Å². The molecule has 0 bridgehead atoms. The van der Waals surface area contributed by atoms with Crippen molar-refractivity contribution < 1.29 is 19.4 Å². The van der Waals surface area contributed by atoms with Crippen LogP contribution in [0.2, 0.25) is 0 Å². The normalized spacial score (nSPS) is 7.38. The molecule has 0 aliphatic rings. The highest BCUT2D eigenvalue weighted by Crippen LogP contribution is 1.95. The molecule has 5 heteroatoms. The number of nitrogens with one attached hydrogen (secondary N) is 1. The van der Waals surface area contributed by atoms with Crippen LogP contribution in [-0.4, -0.2) is 32.2 Å². The third-order valence-corrected chi connectivity index (χ3v) is 1.32. The van der Waals surface area contributed by atoms with Crippen LogP contribution in [0.5, 0.6) is 0 Å². The summed E-state index contributed by atoms with van der Waals surface area (Å²) in [6.07, 6.45) is 0. The average Bonchev–Trinajstić information content (AvgIpc) is 2.32. The number of carbonyl (C=O) groups is 2. The minimum absolute atomic E-state index is 0.250. The molecule has 1 rings (SSSR count). The lowest BCUT2D eigenvalue weighted by Crippen LogP contribution is -2.04. The van der Waals surface area contributed by atoms with E-state index < -0.39 is 0 Å². The standard InChI is InChI=1S/C8H11N.C2H4O2.CH2O2/c1-9-7-8-5-3-2-4-6-8;1-4-2-3;2-1-3/h2-6,9H,7H2,1H3;2H,1H3;1H,(H,2,3). The molecule has 0 aliphatic carbocycles. The van der Waals surface area contributed by atoms with Crippen molar-refractivity contribution in [3.05, 3.63) is 35.9 Å². The predicted octanol–water partition coefficient (Wildman–Crippen LogP) is 0.896. The first kappa shape index (κ1) is 16.5. The van der Waals surface area contributed by atoms with Crippen LogP contribution >= 0.6 is 0 Å². The fourth-order valence-electron chi connectivity index (χ4n) is 0.800.